The van der Waals surface area contributed by atoms with Crippen molar-refractivity contribution in [1.82, 2.24) is 4.90 Å². The molecule has 110 valence electrons. The van der Waals surface area contributed by atoms with Crippen molar-refractivity contribution in [2.24, 2.45) is 5.92 Å². The molecule has 0 aromatic heterocycles. The minimum atomic E-state index is -0.0990. The van der Waals surface area contributed by atoms with Crippen LogP contribution in [0.25, 0.3) is 0 Å². The molecule has 6 heteroatoms. The summed E-state index contributed by atoms with van der Waals surface area (Å²) in [6, 6.07) is 5.49. The number of hydrogen-bond acceptors (Lipinski definition) is 4. The summed E-state index contributed by atoms with van der Waals surface area (Å²) in [7, 11) is 1.45. The molecular weight excluding hydrogens is 317 g/mol. The number of halogens is 2. The predicted octanol–water partition coefficient (Wildman–Crippen LogP) is 3.58. The second-order valence-electron chi connectivity index (χ2n) is 4.73. The number of carbonyl (C=O) groups is 1. The molecule has 2 rings (SSSR count). The smallest absolute Gasteiger partial charge is 0.310 e. The highest BCUT2D eigenvalue weighted by Crippen LogP contribution is 2.30. The highest BCUT2D eigenvalue weighted by atomic mass is 35.5. The minimum Gasteiger partial charge on any atom is -0.469 e. The van der Waals surface area contributed by atoms with Crippen LogP contribution in [0.15, 0.2) is 23.1 Å². The first-order valence-corrected chi connectivity index (χ1v) is 8.22. The van der Waals surface area contributed by atoms with E-state index >= 15 is 0 Å². The Balaban J connectivity index is 1.77. The summed E-state index contributed by atoms with van der Waals surface area (Å²) in [5.41, 5.74) is 0. The average Bonchev–Trinajstić information content (AvgIpc) is 2.90. The maximum absolute atomic E-state index is 11.5. The van der Waals surface area contributed by atoms with Crippen LogP contribution >= 0.6 is 35.0 Å². The van der Waals surface area contributed by atoms with Gasteiger partial charge in [0.1, 0.15) is 0 Å². The van der Waals surface area contributed by atoms with Crippen LogP contribution in [0.4, 0.5) is 0 Å². The Morgan fingerprint density at radius 2 is 2.30 bits per heavy atom. The van der Waals surface area contributed by atoms with Gasteiger partial charge in [-0.15, -0.1) is 11.8 Å². The lowest BCUT2D eigenvalue weighted by Crippen LogP contribution is -2.26. The molecule has 0 saturated carbocycles. The van der Waals surface area contributed by atoms with Crippen LogP contribution in [0.2, 0.25) is 10.0 Å². The molecule has 0 amide bonds. The van der Waals surface area contributed by atoms with E-state index in [1.54, 1.807) is 17.8 Å². The van der Waals surface area contributed by atoms with Gasteiger partial charge in [0.15, 0.2) is 0 Å². The number of likely N-dealkylation sites (tertiary alicyclic amines) is 1. The first-order chi connectivity index (χ1) is 9.60. The van der Waals surface area contributed by atoms with Crippen molar-refractivity contribution in [1.29, 1.82) is 0 Å². The lowest BCUT2D eigenvalue weighted by molar-refractivity contribution is -0.144. The molecule has 0 spiro atoms. The van der Waals surface area contributed by atoms with Gasteiger partial charge in [0.25, 0.3) is 0 Å². The van der Waals surface area contributed by atoms with Crippen LogP contribution in [0.1, 0.15) is 6.42 Å². The number of esters is 1. The molecule has 20 heavy (non-hydrogen) atoms. The minimum absolute atomic E-state index is 0.0276. The normalized spacial score (nSPS) is 19.2. The largest absolute Gasteiger partial charge is 0.469 e. The molecular formula is C14H17Cl2NO2S. The van der Waals surface area contributed by atoms with Crippen LogP contribution in [-0.2, 0) is 9.53 Å². The zero-order valence-electron chi connectivity index (χ0n) is 11.3. The van der Waals surface area contributed by atoms with E-state index in [9.17, 15) is 4.79 Å². The molecule has 0 radical (unpaired) electrons. The van der Waals surface area contributed by atoms with E-state index in [4.69, 9.17) is 27.9 Å². The molecule has 1 aromatic rings. The topological polar surface area (TPSA) is 29.5 Å². The molecule has 1 saturated heterocycles. The Morgan fingerprint density at radius 3 is 3.05 bits per heavy atom. The fraction of sp³-hybridized carbons (Fsp3) is 0.500. The lowest BCUT2D eigenvalue weighted by atomic mass is 10.1. The summed E-state index contributed by atoms with van der Waals surface area (Å²) in [5, 5.41) is 1.43. The summed E-state index contributed by atoms with van der Waals surface area (Å²) in [6.07, 6.45) is 0.884. The van der Waals surface area contributed by atoms with E-state index in [1.165, 1.54) is 7.11 Å². The first kappa shape index (κ1) is 16.0. The molecule has 1 heterocycles. The number of carbonyl (C=O) groups excluding carboxylic acids is 1. The highest BCUT2D eigenvalue weighted by Gasteiger charge is 2.28. The molecule has 0 bridgehead atoms. The summed E-state index contributed by atoms with van der Waals surface area (Å²) >= 11 is 13.8. The molecule has 1 aromatic carbocycles. The SMILES string of the molecule is COC(=O)C1CCN(CCSc2cc(Cl)ccc2Cl)C1. The Kier molecular flexibility index (Phi) is 6.02. The van der Waals surface area contributed by atoms with Crippen LogP contribution < -0.4 is 0 Å². The highest BCUT2D eigenvalue weighted by molar-refractivity contribution is 7.99. The van der Waals surface area contributed by atoms with E-state index < -0.39 is 0 Å². The Morgan fingerprint density at radius 1 is 1.50 bits per heavy atom. The van der Waals surface area contributed by atoms with Gasteiger partial charge in [-0.2, -0.15) is 0 Å². The van der Waals surface area contributed by atoms with E-state index in [1.807, 2.05) is 12.1 Å². The van der Waals surface area contributed by atoms with Crippen molar-refractivity contribution in [3.8, 4) is 0 Å². The Labute approximate surface area is 133 Å². The van der Waals surface area contributed by atoms with Crippen LogP contribution in [0.5, 0.6) is 0 Å². The van der Waals surface area contributed by atoms with Gasteiger partial charge < -0.3 is 9.64 Å². The predicted molar refractivity (Wildman–Crippen MR) is 83.7 cm³/mol. The molecule has 0 N–H and O–H groups in total. The first-order valence-electron chi connectivity index (χ1n) is 6.48. The fourth-order valence-electron chi connectivity index (χ4n) is 2.27. The van der Waals surface area contributed by atoms with Crippen molar-refractivity contribution in [3.05, 3.63) is 28.2 Å². The van der Waals surface area contributed by atoms with E-state index in [0.717, 1.165) is 41.7 Å². The maximum Gasteiger partial charge on any atom is 0.310 e. The van der Waals surface area contributed by atoms with Crippen molar-refractivity contribution < 1.29 is 9.53 Å². The monoisotopic (exact) mass is 333 g/mol. The van der Waals surface area contributed by atoms with Gasteiger partial charge in [-0.25, -0.2) is 0 Å². The van der Waals surface area contributed by atoms with Crippen LogP contribution in [0, 0.1) is 5.92 Å². The van der Waals surface area contributed by atoms with E-state index in [2.05, 4.69) is 4.90 Å². The summed E-state index contributed by atoms with van der Waals surface area (Å²) in [5.74, 6) is 0.853. The molecule has 1 atom stereocenters. The zero-order chi connectivity index (χ0) is 14.5. The van der Waals surface area contributed by atoms with Crippen molar-refractivity contribution in [2.75, 3.05) is 32.5 Å². The zero-order valence-corrected chi connectivity index (χ0v) is 13.6. The standard InChI is InChI=1S/C14H17Cl2NO2S/c1-19-14(18)10-4-5-17(9-10)6-7-20-13-8-11(15)2-3-12(13)16/h2-3,8,10H,4-7,9H2,1H3. The van der Waals surface area contributed by atoms with Crippen molar-refractivity contribution in [2.45, 2.75) is 11.3 Å². The molecule has 1 fully saturated rings. The maximum atomic E-state index is 11.5. The third-order valence-corrected chi connectivity index (χ3v) is 5.08. The number of methoxy groups -OCH3 is 1. The fourth-order valence-corrected chi connectivity index (χ4v) is 3.77. The number of rotatable bonds is 5. The Bertz CT molecular complexity index is 484. The summed E-state index contributed by atoms with van der Waals surface area (Å²) in [6.45, 7) is 2.67. The number of hydrogen-bond donors (Lipinski definition) is 0. The van der Waals surface area contributed by atoms with E-state index in [-0.39, 0.29) is 11.9 Å². The summed E-state index contributed by atoms with van der Waals surface area (Å²) in [4.78, 5) is 14.7. The third-order valence-electron chi connectivity index (χ3n) is 3.37. The second-order valence-corrected chi connectivity index (χ2v) is 6.71. The average molecular weight is 334 g/mol. The van der Waals surface area contributed by atoms with E-state index in [0.29, 0.717) is 5.02 Å². The molecule has 0 aliphatic carbocycles. The van der Waals surface area contributed by atoms with Crippen LogP contribution in [0.3, 0.4) is 0 Å². The number of benzene rings is 1. The molecule has 1 aliphatic rings. The van der Waals surface area contributed by atoms with Crippen molar-refractivity contribution >= 4 is 40.9 Å². The second kappa shape index (κ2) is 7.55. The molecule has 1 unspecified atom stereocenters. The lowest BCUT2D eigenvalue weighted by Gasteiger charge is -2.15. The van der Waals surface area contributed by atoms with Crippen molar-refractivity contribution in [3.63, 3.8) is 0 Å². The quantitative estimate of drug-likeness (QED) is 0.608. The van der Waals surface area contributed by atoms with Gasteiger partial charge >= 0.3 is 5.97 Å². The van der Waals surface area contributed by atoms with Gasteiger partial charge in [-0.1, -0.05) is 23.2 Å². The summed E-state index contributed by atoms with van der Waals surface area (Å²) < 4.78 is 4.78. The van der Waals surface area contributed by atoms with Gasteiger partial charge in [0.05, 0.1) is 18.1 Å². The van der Waals surface area contributed by atoms with Gasteiger partial charge in [0, 0.05) is 28.8 Å². The Hall–Kier alpha value is -0.420. The third kappa shape index (κ3) is 4.29. The van der Waals surface area contributed by atoms with Crippen LogP contribution in [-0.4, -0.2) is 43.4 Å². The number of ether oxygens (including phenoxy) is 1. The number of thioether (sulfide) groups is 1. The molecule has 1 aliphatic heterocycles. The van der Waals surface area contributed by atoms with Gasteiger partial charge in [-0.05, 0) is 31.2 Å². The molecule has 3 nitrogen and oxygen atoms in total. The number of nitrogens with zero attached hydrogens (tertiary/aromatic N) is 1. The van der Waals surface area contributed by atoms with Gasteiger partial charge in [0.2, 0.25) is 0 Å². The van der Waals surface area contributed by atoms with Gasteiger partial charge in [-0.3, -0.25) is 4.79 Å².